The average molecular weight is 502 g/mol. The lowest BCUT2D eigenvalue weighted by Gasteiger charge is -2.49. The van der Waals surface area contributed by atoms with Crippen LogP contribution in [0.4, 0.5) is 14.5 Å². The first-order valence-corrected chi connectivity index (χ1v) is 12.6. The smallest absolute Gasteiger partial charge is 0.286 e. The minimum Gasteiger partial charge on any atom is -0.467 e. The van der Waals surface area contributed by atoms with Crippen molar-refractivity contribution in [2.45, 2.75) is 76.5 Å². The number of amides is 1. The van der Waals surface area contributed by atoms with Gasteiger partial charge in [0.1, 0.15) is 17.0 Å². The van der Waals surface area contributed by atoms with E-state index in [0.717, 1.165) is 43.8 Å². The van der Waals surface area contributed by atoms with E-state index >= 15 is 0 Å². The van der Waals surface area contributed by atoms with Gasteiger partial charge in [0, 0.05) is 37.2 Å². The molecule has 1 saturated carbocycles. The third kappa shape index (κ3) is 4.75. The molecule has 0 bridgehead atoms. The summed E-state index contributed by atoms with van der Waals surface area (Å²) in [6, 6.07) is 4.70. The first-order valence-electron chi connectivity index (χ1n) is 12.6. The van der Waals surface area contributed by atoms with Crippen LogP contribution in [0.15, 0.2) is 24.4 Å². The van der Waals surface area contributed by atoms with E-state index in [1.807, 2.05) is 13.8 Å². The first kappa shape index (κ1) is 24.8. The maximum atomic E-state index is 13.7. The summed E-state index contributed by atoms with van der Waals surface area (Å²) in [5.41, 5.74) is 1.15. The molecule has 2 aromatic heterocycles. The van der Waals surface area contributed by atoms with E-state index in [-0.39, 0.29) is 29.5 Å². The molecular formula is C26H33F2N5O3. The summed E-state index contributed by atoms with van der Waals surface area (Å²) in [6.45, 7) is 9.06. The number of hydrogen-bond donors (Lipinski definition) is 1. The van der Waals surface area contributed by atoms with Crippen molar-refractivity contribution >= 4 is 11.6 Å². The second kappa shape index (κ2) is 9.21. The number of hydrogen-bond acceptors (Lipinski definition) is 7. The van der Waals surface area contributed by atoms with Crippen molar-refractivity contribution in [3.63, 3.8) is 0 Å². The number of nitrogens with zero attached hydrogens (tertiary/aromatic N) is 4. The molecule has 1 aliphatic carbocycles. The van der Waals surface area contributed by atoms with Crippen LogP contribution in [0.25, 0.3) is 0 Å². The molecule has 2 fully saturated rings. The molecule has 4 unspecified atom stereocenters. The van der Waals surface area contributed by atoms with Crippen LogP contribution in [-0.4, -0.2) is 58.5 Å². The Bertz CT molecular complexity index is 1140. The van der Waals surface area contributed by atoms with Gasteiger partial charge in [-0.15, -0.1) is 5.10 Å². The van der Waals surface area contributed by atoms with E-state index in [0.29, 0.717) is 31.4 Å². The van der Waals surface area contributed by atoms with Crippen molar-refractivity contribution in [1.29, 1.82) is 0 Å². The summed E-state index contributed by atoms with van der Waals surface area (Å²) >= 11 is 0. The van der Waals surface area contributed by atoms with Gasteiger partial charge in [-0.2, -0.15) is 13.9 Å². The Kier molecular flexibility index (Phi) is 6.34. The average Bonchev–Trinajstić information content (AvgIpc) is 2.84. The third-order valence-electron chi connectivity index (χ3n) is 7.74. The SMILES string of the molecule is CC1CCC(NC(=O)c2ccnc(C(C)(F)F)c2)CC1c1cc2c(nn1)OC(C)(C)C1COCCN21. The van der Waals surface area contributed by atoms with Crippen LogP contribution in [0.3, 0.4) is 0 Å². The van der Waals surface area contributed by atoms with Crippen LogP contribution in [0.5, 0.6) is 5.88 Å². The summed E-state index contributed by atoms with van der Waals surface area (Å²) < 4.78 is 39.3. The lowest BCUT2D eigenvalue weighted by Crippen LogP contribution is -2.61. The van der Waals surface area contributed by atoms with Crippen LogP contribution < -0.4 is 15.0 Å². The van der Waals surface area contributed by atoms with E-state index in [2.05, 4.69) is 38.4 Å². The van der Waals surface area contributed by atoms with Crippen molar-refractivity contribution in [1.82, 2.24) is 20.5 Å². The molecule has 3 aliphatic rings. The highest BCUT2D eigenvalue weighted by molar-refractivity contribution is 5.94. The molecule has 0 spiro atoms. The number of rotatable bonds is 4. The number of fused-ring (bicyclic) bond motifs is 3. The van der Waals surface area contributed by atoms with Gasteiger partial charge in [0.25, 0.3) is 17.7 Å². The number of anilines is 1. The maximum Gasteiger partial charge on any atom is 0.286 e. The largest absolute Gasteiger partial charge is 0.467 e. The fourth-order valence-corrected chi connectivity index (χ4v) is 5.58. The molecule has 1 N–H and O–H groups in total. The summed E-state index contributed by atoms with van der Waals surface area (Å²) in [6.07, 6.45) is 3.67. The van der Waals surface area contributed by atoms with Gasteiger partial charge in [-0.05, 0) is 57.2 Å². The highest BCUT2D eigenvalue weighted by atomic mass is 19.3. The molecule has 194 valence electrons. The minimum atomic E-state index is -3.11. The highest BCUT2D eigenvalue weighted by Gasteiger charge is 2.45. The Morgan fingerprint density at radius 3 is 2.83 bits per heavy atom. The molecule has 4 atom stereocenters. The van der Waals surface area contributed by atoms with Crippen LogP contribution >= 0.6 is 0 Å². The van der Waals surface area contributed by atoms with Gasteiger partial charge in [0.2, 0.25) is 0 Å². The number of alkyl halides is 2. The van der Waals surface area contributed by atoms with Crippen molar-refractivity contribution in [2.75, 3.05) is 24.7 Å². The van der Waals surface area contributed by atoms with Crippen LogP contribution in [-0.2, 0) is 10.7 Å². The molecule has 0 radical (unpaired) electrons. The third-order valence-corrected chi connectivity index (χ3v) is 7.74. The zero-order chi connectivity index (χ0) is 25.7. The molecular weight excluding hydrogens is 468 g/mol. The fraction of sp³-hybridized carbons (Fsp3) is 0.615. The van der Waals surface area contributed by atoms with Gasteiger partial charge in [0.05, 0.1) is 24.9 Å². The number of carbonyl (C=O) groups excluding carboxylic acids is 1. The molecule has 0 aromatic carbocycles. The van der Waals surface area contributed by atoms with Crippen LogP contribution in [0.2, 0.25) is 0 Å². The Labute approximate surface area is 209 Å². The molecule has 36 heavy (non-hydrogen) atoms. The summed E-state index contributed by atoms with van der Waals surface area (Å²) in [7, 11) is 0. The number of aromatic nitrogens is 3. The van der Waals surface area contributed by atoms with Gasteiger partial charge in [-0.25, -0.2) is 0 Å². The van der Waals surface area contributed by atoms with E-state index in [4.69, 9.17) is 9.47 Å². The number of halogens is 2. The normalized spacial score (nSPS) is 27.4. The topological polar surface area (TPSA) is 89.5 Å². The monoisotopic (exact) mass is 501 g/mol. The van der Waals surface area contributed by atoms with E-state index in [1.165, 1.54) is 12.3 Å². The standard InChI is InChI=1S/C26H33F2N5O3/c1-15-5-6-17(30-23(34)16-7-8-29-21(11-16)26(4,27)28)12-18(15)19-13-20-24(32-31-19)36-25(2,3)22-14-35-10-9-33(20)22/h7-8,11,13,15,17-18,22H,5-6,9-10,12,14H2,1-4H3,(H,30,34). The number of morpholine rings is 1. The summed E-state index contributed by atoms with van der Waals surface area (Å²) in [5, 5.41) is 12.0. The molecule has 8 nitrogen and oxygen atoms in total. The Hall–Kier alpha value is -2.88. The number of nitrogens with one attached hydrogen (secondary N) is 1. The van der Waals surface area contributed by atoms with Crippen LogP contribution in [0, 0.1) is 5.92 Å². The molecule has 1 saturated heterocycles. The highest BCUT2D eigenvalue weighted by Crippen LogP contribution is 2.43. The summed E-state index contributed by atoms with van der Waals surface area (Å²) in [5.74, 6) is -2.48. The predicted octanol–water partition coefficient (Wildman–Crippen LogP) is 4.06. The van der Waals surface area contributed by atoms with Gasteiger partial charge < -0.3 is 19.7 Å². The number of carbonyl (C=O) groups is 1. The van der Waals surface area contributed by atoms with E-state index in [9.17, 15) is 13.6 Å². The molecule has 2 aromatic rings. The number of pyridine rings is 1. The van der Waals surface area contributed by atoms with Crippen LogP contribution in [0.1, 0.15) is 74.6 Å². The Morgan fingerprint density at radius 1 is 1.25 bits per heavy atom. The van der Waals surface area contributed by atoms with Gasteiger partial charge >= 0.3 is 0 Å². The zero-order valence-corrected chi connectivity index (χ0v) is 21.1. The fourth-order valence-electron chi connectivity index (χ4n) is 5.58. The lowest BCUT2D eigenvalue weighted by atomic mass is 9.76. The summed E-state index contributed by atoms with van der Waals surface area (Å²) in [4.78, 5) is 18.9. The lowest BCUT2D eigenvalue weighted by molar-refractivity contribution is -0.0108. The second-order valence-electron chi connectivity index (χ2n) is 10.8. The van der Waals surface area contributed by atoms with Crippen molar-refractivity contribution in [3.8, 4) is 5.88 Å². The first-order chi connectivity index (χ1) is 17.0. The Morgan fingerprint density at radius 2 is 2.06 bits per heavy atom. The molecule has 4 heterocycles. The Balaban J connectivity index is 1.34. The zero-order valence-electron chi connectivity index (χ0n) is 21.1. The van der Waals surface area contributed by atoms with E-state index in [1.54, 1.807) is 0 Å². The van der Waals surface area contributed by atoms with Gasteiger partial charge in [-0.1, -0.05) is 6.92 Å². The quantitative estimate of drug-likeness (QED) is 0.676. The van der Waals surface area contributed by atoms with Crippen molar-refractivity contribution in [2.24, 2.45) is 5.92 Å². The molecule has 10 heteroatoms. The molecule has 2 aliphatic heterocycles. The predicted molar refractivity (Wildman–Crippen MR) is 130 cm³/mol. The maximum absolute atomic E-state index is 13.7. The van der Waals surface area contributed by atoms with Crippen molar-refractivity contribution in [3.05, 3.63) is 41.3 Å². The van der Waals surface area contributed by atoms with E-state index < -0.39 is 17.2 Å². The van der Waals surface area contributed by atoms with Gasteiger partial charge in [-0.3, -0.25) is 9.78 Å². The molecule has 5 rings (SSSR count). The molecule has 1 amide bonds. The number of ether oxygens (including phenoxy) is 2. The van der Waals surface area contributed by atoms with Gasteiger partial charge in [0.15, 0.2) is 0 Å². The minimum absolute atomic E-state index is 0.0902. The van der Waals surface area contributed by atoms with Crippen molar-refractivity contribution < 1.29 is 23.0 Å². The second-order valence-corrected chi connectivity index (χ2v) is 10.8.